The van der Waals surface area contributed by atoms with Gasteiger partial charge in [-0.05, 0) is 57.9 Å². The Labute approximate surface area is 155 Å². The molecule has 0 unspecified atom stereocenters. The van der Waals surface area contributed by atoms with Crippen molar-refractivity contribution in [1.29, 1.82) is 0 Å². The van der Waals surface area contributed by atoms with Crippen LogP contribution < -0.4 is 14.8 Å². The maximum absolute atomic E-state index is 5.83. The smallest absolute Gasteiger partial charge is 0.162 e. The molecule has 0 aromatic heterocycles. The van der Waals surface area contributed by atoms with Crippen molar-refractivity contribution in [3.8, 4) is 11.5 Å². The summed E-state index contributed by atoms with van der Waals surface area (Å²) in [5.74, 6) is 1.58. The summed E-state index contributed by atoms with van der Waals surface area (Å²) in [5.41, 5.74) is 1.17. The number of hydrogen-bond acceptors (Lipinski definition) is 4. The molecular weight excluding hydrogens is 370 g/mol. The van der Waals surface area contributed by atoms with Gasteiger partial charge in [-0.15, -0.1) is 0 Å². The van der Waals surface area contributed by atoms with E-state index in [0.29, 0.717) is 6.61 Å². The fraction of sp³-hybridized carbons (Fsp3) is 0.684. The van der Waals surface area contributed by atoms with Gasteiger partial charge in [0, 0.05) is 24.2 Å². The zero-order chi connectivity index (χ0) is 17.8. The number of unbranched alkanes of at least 4 members (excludes halogenated alkanes) is 1. The van der Waals surface area contributed by atoms with Crippen molar-refractivity contribution < 1.29 is 14.2 Å². The van der Waals surface area contributed by atoms with Gasteiger partial charge in [0.2, 0.25) is 0 Å². The molecule has 0 bridgehead atoms. The van der Waals surface area contributed by atoms with E-state index in [1.807, 2.05) is 26.8 Å². The summed E-state index contributed by atoms with van der Waals surface area (Å²) in [6.07, 6.45) is 3.47. The van der Waals surface area contributed by atoms with Crippen LogP contribution in [0.1, 0.15) is 52.5 Å². The number of hydrogen-bond donors (Lipinski definition) is 1. The lowest BCUT2D eigenvalue weighted by Gasteiger charge is -2.17. The van der Waals surface area contributed by atoms with Gasteiger partial charge in [0.25, 0.3) is 0 Å². The van der Waals surface area contributed by atoms with Crippen molar-refractivity contribution in [2.75, 3.05) is 26.4 Å². The number of rotatable bonds is 13. The van der Waals surface area contributed by atoms with Crippen LogP contribution in [-0.2, 0) is 11.3 Å². The van der Waals surface area contributed by atoms with Gasteiger partial charge in [-0.3, -0.25) is 0 Å². The van der Waals surface area contributed by atoms with E-state index in [2.05, 4.69) is 34.2 Å². The first-order valence-electron chi connectivity index (χ1n) is 8.98. The Morgan fingerprint density at radius 3 is 2.50 bits per heavy atom. The summed E-state index contributed by atoms with van der Waals surface area (Å²) in [6.45, 7) is 12.2. The highest BCUT2D eigenvalue weighted by Crippen LogP contribution is 2.34. The van der Waals surface area contributed by atoms with Crippen molar-refractivity contribution in [1.82, 2.24) is 5.32 Å². The average molecular weight is 402 g/mol. The molecule has 4 nitrogen and oxygen atoms in total. The Morgan fingerprint density at radius 1 is 1.08 bits per heavy atom. The van der Waals surface area contributed by atoms with Crippen LogP contribution in [0, 0.1) is 0 Å². The first kappa shape index (κ1) is 21.3. The maximum atomic E-state index is 5.83. The van der Waals surface area contributed by atoms with E-state index in [-0.39, 0.29) is 6.10 Å². The Hall–Kier alpha value is -0.780. The van der Waals surface area contributed by atoms with Crippen LogP contribution in [-0.4, -0.2) is 32.5 Å². The van der Waals surface area contributed by atoms with Crippen LogP contribution in [0.25, 0.3) is 0 Å². The molecule has 0 atom stereocenters. The van der Waals surface area contributed by atoms with Crippen LogP contribution in [0.2, 0.25) is 0 Å². The molecule has 24 heavy (non-hydrogen) atoms. The van der Waals surface area contributed by atoms with E-state index in [1.165, 1.54) is 12.0 Å². The summed E-state index contributed by atoms with van der Waals surface area (Å²) in [4.78, 5) is 0. The highest BCUT2D eigenvalue weighted by Gasteiger charge is 2.12. The van der Waals surface area contributed by atoms with Crippen molar-refractivity contribution in [3.05, 3.63) is 22.2 Å². The summed E-state index contributed by atoms with van der Waals surface area (Å²) in [6, 6.07) is 4.05. The van der Waals surface area contributed by atoms with Crippen LogP contribution >= 0.6 is 15.9 Å². The summed E-state index contributed by atoms with van der Waals surface area (Å²) < 4.78 is 18.2. The third-order valence-corrected chi connectivity index (χ3v) is 4.11. The zero-order valence-corrected chi connectivity index (χ0v) is 17.1. The lowest BCUT2D eigenvalue weighted by atomic mass is 10.2. The van der Waals surface area contributed by atoms with Gasteiger partial charge in [-0.25, -0.2) is 0 Å². The average Bonchev–Trinajstić information content (AvgIpc) is 2.53. The summed E-state index contributed by atoms with van der Waals surface area (Å²) >= 11 is 3.63. The standard InChI is InChI=1S/C19H32BrNO3/c1-5-7-10-22-11-8-9-21-14-16-12-18(23-6-2)19(13-17(16)20)24-15(3)4/h12-13,15,21H,5-11,14H2,1-4H3. The van der Waals surface area contributed by atoms with Crippen LogP contribution in [0.4, 0.5) is 0 Å². The van der Waals surface area contributed by atoms with Crippen molar-refractivity contribution in [2.24, 2.45) is 0 Å². The second-order valence-electron chi connectivity index (χ2n) is 5.99. The molecule has 1 N–H and O–H groups in total. The van der Waals surface area contributed by atoms with Gasteiger partial charge in [0.15, 0.2) is 11.5 Å². The zero-order valence-electron chi connectivity index (χ0n) is 15.5. The number of nitrogens with one attached hydrogen (secondary N) is 1. The van der Waals surface area contributed by atoms with Gasteiger partial charge in [-0.2, -0.15) is 0 Å². The highest BCUT2D eigenvalue weighted by molar-refractivity contribution is 9.10. The van der Waals surface area contributed by atoms with E-state index in [4.69, 9.17) is 14.2 Å². The summed E-state index contributed by atoms with van der Waals surface area (Å²) in [7, 11) is 0. The molecule has 0 fully saturated rings. The van der Waals surface area contributed by atoms with Gasteiger partial charge >= 0.3 is 0 Å². The lowest BCUT2D eigenvalue weighted by molar-refractivity contribution is 0.128. The molecule has 138 valence electrons. The van der Waals surface area contributed by atoms with E-state index in [1.54, 1.807) is 0 Å². The van der Waals surface area contributed by atoms with E-state index < -0.39 is 0 Å². The minimum Gasteiger partial charge on any atom is -0.490 e. The van der Waals surface area contributed by atoms with Gasteiger partial charge in [-0.1, -0.05) is 29.3 Å². The Morgan fingerprint density at radius 2 is 1.83 bits per heavy atom. The van der Waals surface area contributed by atoms with Crippen molar-refractivity contribution >= 4 is 15.9 Å². The third-order valence-electron chi connectivity index (χ3n) is 3.38. The van der Waals surface area contributed by atoms with Gasteiger partial charge in [0.1, 0.15) is 0 Å². The minimum atomic E-state index is 0.118. The third kappa shape index (κ3) is 8.36. The first-order chi connectivity index (χ1) is 11.6. The molecule has 0 aliphatic carbocycles. The van der Waals surface area contributed by atoms with Crippen molar-refractivity contribution in [3.63, 3.8) is 0 Å². The van der Waals surface area contributed by atoms with E-state index in [9.17, 15) is 0 Å². The van der Waals surface area contributed by atoms with Crippen LogP contribution in [0.3, 0.4) is 0 Å². The van der Waals surface area contributed by atoms with E-state index in [0.717, 1.165) is 55.1 Å². The fourth-order valence-electron chi connectivity index (χ4n) is 2.20. The molecule has 0 radical (unpaired) electrons. The Balaban J connectivity index is 2.48. The Bertz CT molecular complexity index is 466. The molecular formula is C19H32BrNO3. The monoisotopic (exact) mass is 401 g/mol. The molecule has 0 aliphatic rings. The normalized spacial score (nSPS) is 11.1. The fourth-order valence-corrected chi connectivity index (χ4v) is 2.66. The van der Waals surface area contributed by atoms with E-state index >= 15 is 0 Å². The predicted octanol–water partition coefficient (Wildman–Crippen LogP) is 4.93. The number of halogens is 1. The molecule has 0 amide bonds. The predicted molar refractivity (Wildman–Crippen MR) is 103 cm³/mol. The molecule has 0 spiro atoms. The molecule has 0 aliphatic heterocycles. The minimum absolute atomic E-state index is 0.118. The molecule has 1 aromatic carbocycles. The maximum Gasteiger partial charge on any atom is 0.162 e. The SMILES string of the molecule is CCCCOCCCNCc1cc(OCC)c(OC(C)C)cc1Br. The molecule has 0 heterocycles. The number of ether oxygens (including phenoxy) is 3. The van der Waals surface area contributed by atoms with Gasteiger partial charge in [0.05, 0.1) is 12.7 Å². The summed E-state index contributed by atoms with van der Waals surface area (Å²) in [5, 5.41) is 3.46. The molecule has 0 saturated carbocycles. The second kappa shape index (κ2) is 12.6. The Kier molecular flexibility index (Phi) is 11.1. The van der Waals surface area contributed by atoms with Gasteiger partial charge < -0.3 is 19.5 Å². The molecule has 1 aromatic rings. The lowest BCUT2D eigenvalue weighted by Crippen LogP contribution is -2.17. The van der Waals surface area contributed by atoms with Crippen LogP contribution in [0.15, 0.2) is 16.6 Å². The molecule has 0 saturated heterocycles. The highest BCUT2D eigenvalue weighted by atomic mass is 79.9. The quantitative estimate of drug-likeness (QED) is 0.475. The van der Waals surface area contributed by atoms with Crippen molar-refractivity contribution in [2.45, 2.75) is 59.6 Å². The topological polar surface area (TPSA) is 39.7 Å². The number of benzene rings is 1. The largest absolute Gasteiger partial charge is 0.490 e. The molecule has 1 rings (SSSR count). The molecule has 5 heteroatoms. The first-order valence-corrected chi connectivity index (χ1v) is 9.78. The van der Waals surface area contributed by atoms with Crippen LogP contribution in [0.5, 0.6) is 11.5 Å². The second-order valence-corrected chi connectivity index (χ2v) is 6.84.